The molecular weight excluding hydrogens is 407 g/mol. The smallest absolute Gasteiger partial charge is 0.395 e. The van der Waals surface area contributed by atoms with Gasteiger partial charge in [-0.25, -0.2) is 9.09 Å². The highest BCUT2D eigenvalue weighted by atomic mass is 31.2. The lowest BCUT2D eigenvalue weighted by atomic mass is 10.0. The van der Waals surface area contributed by atoms with Crippen molar-refractivity contribution in [1.29, 1.82) is 0 Å². The molecule has 5 atom stereocenters. The Morgan fingerprint density at radius 3 is 1.59 bits per heavy atom. The van der Waals surface area contributed by atoms with Crippen molar-refractivity contribution in [3.05, 3.63) is 60.7 Å². The molecule has 6 N–H and O–H groups in total. The molecule has 29 heavy (non-hydrogen) atoms. The summed E-state index contributed by atoms with van der Waals surface area (Å²) in [5.41, 5.74) is 0. The first-order valence-electron chi connectivity index (χ1n) is 8.54. The molecule has 2 aromatic rings. The lowest BCUT2D eigenvalue weighted by Crippen LogP contribution is -2.50. The van der Waals surface area contributed by atoms with E-state index in [-0.39, 0.29) is 11.5 Å². The van der Waals surface area contributed by atoms with E-state index in [9.17, 15) is 30.1 Å². The van der Waals surface area contributed by atoms with Crippen LogP contribution in [0.15, 0.2) is 60.7 Å². The maximum atomic E-state index is 13.1. The highest BCUT2D eigenvalue weighted by Gasteiger charge is 2.41. The van der Waals surface area contributed by atoms with Gasteiger partial charge in [0.1, 0.15) is 35.9 Å². The van der Waals surface area contributed by atoms with E-state index in [1.54, 1.807) is 36.4 Å². The van der Waals surface area contributed by atoms with Crippen LogP contribution in [-0.2, 0) is 9.09 Å². The summed E-state index contributed by atoms with van der Waals surface area (Å²) < 4.78 is 28.5. The van der Waals surface area contributed by atoms with E-state index in [2.05, 4.69) is 0 Å². The van der Waals surface area contributed by atoms with Crippen LogP contribution >= 0.6 is 7.82 Å². The van der Waals surface area contributed by atoms with E-state index >= 15 is 0 Å². The Bertz CT molecular complexity index is 729. The number of aliphatic hydroxyl groups excluding tert-OH is 6. The van der Waals surface area contributed by atoms with E-state index in [0.29, 0.717) is 0 Å². The molecule has 2 rings (SSSR count). The molecular formula is C18H23O10P. The Morgan fingerprint density at radius 1 is 0.724 bits per heavy atom. The molecule has 0 aliphatic carbocycles. The van der Waals surface area contributed by atoms with E-state index in [1.807, 2.05) is 0 Å². The lowest BCUT2D eigenvalue weighted by Gasteiger charge is -2.29. The van der Waals surface area contributed by atoms with Crippen molar-refractivity contribution in [1.82, 2.24) is 0 Å². The fraction of sp³-hybridized carbons (Fsp3) is 0.333. The number of para-hydroxylation sites is 2. The maximum Gasteiger partial charge on any atom is 0.590 e. The van der Waals surface area contributed by atoms with Gasteiger partial charge < -0.3 is 39.7 Å². The van der Waals surface area contributed by atoms with Crippen LogP contribution < -0.4 is 9.05 Å². The van der Waals surface area contributed by atoms with Gasteiger partial charge in [-0.2, -0.15) is 0 Å². The van der Waals surface area contributed by atoms with Crippen molar-refractivity contribution in [2.24, 2.45) is 0 Å². The predicted octanol–water partition coefficient (Wildman–Crippen LogP) is 0.0234. The van der Waals surface area contributed by atoms with Crippen LogP contribution in [0.25, 0.3) is 0 Å². The Balaban J connectivity index is 2.18. The summed E-state index contributed by atoms with van der Waals surface area (Å²) in [6, 6.07) is 15.5. The van der Waals surface area contributed by atoms with E-state index in [1.165, 1.54) is 24.3 Å². The molecule has 2 aromatic carbocycles. The summed E-state index contributed by atoms with van der Waals surface area (Å²) in [4.78, 5) is 0. The summed E-state index contributed by atoms with van der Waals surface area (Å²) in [5, 5.41) is 57.7. The van der Waals surface area contributed by atoms with Crippen molar-refractivity contribution in [3.8, 4) is 11.5 Å². The molecule has 0 saturated heterocycles. The monoisotopic (exact) mass is 430 g/mol. The van der Waals surface area contributed by atoms with Gasteiger partial charge in [0.05, 0.1) is 6.61 Å². The van der Waals surface area contributed by atoms with Gasteiger partial charge in [-0.3, -0.25) is 0 Å². The van der Waals surface area contributed by atoms with Crippen LogP contribution in [0.1, 0.15) is 0 Å². The van der Waals surface area contributed by atoms with Crippen molar-refractivity contribution < 1.29 is 48.8 Å². The van der Waals surface area contributed by atoms with Gasteiger partial charge in [-0.15, -0.1) is 0 Å². The van der Waals surface area contributed by atoms with Crippen molar-refractivity contribution >= 4 is 7.82 Å². The van der Waals surface area contributed by atoms with Crippen LogP contribution in [0, 0.1) is 0 Å². The number of benzene rings is 2. The van der Waals surface area contributed by atoms with Crippen molar-refractivity contribution in [2.75, 3.05) is 6.61 Å². The van der Waals surface area contributed by atoms with Crippen LogP contribution in [0.5, 0.6) is 11.5 Å². The molecule has 0 amide bonds. The second-order valence-electron chi connectivity index (χ2n) is 5.97. The quantitative estimate of drug-likeness (QED) is 0.211. The second-order valence-corrected chi connectivity index (χ2v) is 7.44. The zero-order chi connectivity index (χ0) is 21.4. The molecule has 0 heterocycles. The number of phosphoric ester groups is 1. The molecule has 0 fully saturated rings. The number of hydrogen-bond acceptors (Lipinski definition) is 10. The lowest BCUT2D eigenvalue weighted by molar-refractivity contribution is -0.184. The zero-order valence-corrected chi connectivity index (χ0v) is 16.0. The topological polar surface area (TPSA) is 166 Å². The maximum absolute atomic E-state index is 13.1. The van der Waals surface area contributed by atoms with Gasteiger partial charge in [0.2, 0.25) is 0 Å². The zero-order valence-electron chi connectivity index (χ0n) is 15.1. The van der Waals surface area contributed by atoms with Gasteiger partial charge in [-0.05, 0) is 24.3 Å². The van der Waals surface area contributed by atoms with Crippen LogP contribution in [0.3, 0.4) is 0 Å². The highest BCUT2D eigenvalue weighted by Crippen LogP contribution is 2.50. The molecule has 0 saturated carbocycles. The van der Waals surface area contributed by atoms with Crippen LogP contribution in [0.4, 0.5) is 0 Å². The van der Waals surface area contributed by atoms with Crippen molar-refractivity contribution in [3.63, 3.8) is 0 Å². The van der Waals surface area contributed by atoms with E-state index in [4.69, 9.17) is 18.7 Å². The first-order chi connectivity index (χ1) is 13.8. The standard InChI is InChI=1S/C18H23O10P/c19-11-14(20)15(21)16(22)17(23)18(24)28-29(25,26-12-7-3-1-4-8-12)27-13-9-5-2-6-10-13/h1-10,14-24H,11H2/t14-,15-,16+,17+,18?/m1/s1. The minimum Gasteiger partial charge on any atom is -0.395 e. The van der Waals surface area contributed by atoms with Crippen LogP contribution in [0.2, 0.25) is 0 Å². The normalized spacial score (nSPS) is 17.0. The van der Waals surface area contributed by atoms with E-state index < -0.39 is 45.1 Å². The van der Waals surface area contributed by atoms with Gasteiger partial charge in [-0.1, -0.05) is 36.4 Å². The van der Waals surface area contributed by atoms with Crippen LogP contribution in [-0.4, -0.2) is 68.0 Å². The summed E-state index contributed by atoms with van der Waals surface area (Å²) >= 11 is 0. The molecule has 11 heteroatoms. The minimum absolute atomic E-state index is 0.0738. The minimum atomic E-state index is -4.59. The summed E-state index contributed by atoms with van der Waals surface area (Å²) in [7, 11) is -4.59. The van der Waals surface area contributed by atoms with Gasteiger partial charge in [0.15, 0.2) is 6.29 Å². The summed E-state index contributed by atoms with van der Waals surface area (Å²) in [5.74, 6) is 0.148. The number of rotatable bonds is 11. The molecule has 0 aromatic heterocycles. The number of phosphoric acid groups is 1. The summed E-state index contributed by atoms with van der Waals surface area (Å²) in [6.45, 7) is -0.908. The average Bonchev–Trinajstić information content (AvgIpc) is 2.72. The fourth-order valence-corrected chi connectivity index (χ4v) is 3.46. The Hall–Kier alpha value is -2.01. The van der Waals surface area contributed by atoms with Crippen molar-refractivity contribution in [2.45, 2.75) is 30.7 Å². The van der Waals surface area contributed by atoms with Gasteiger partial charge >= 0.3 is 7.82 Å². The number of hydrogen-bond donors (Lipinski definition) is 6. The molecule has 10 nitrogen and oxygen atoms in total. The van der Waals surface area contributed by atoms with E-state index in [0.717, 1.165) is 0 Å². The largest absolute Gasteiger partial charge is 0.590 e. The Labute approximate surface area is 166 Å². The SMILES string of the molecule is O=P(Oc1ccccc1)(Oc1ccccc1)OC(O)[C@@H](O)[C@@H](O)[C@H](O)[C@H](O)CO. The molecule has 0 spiro atoms. The Kier molecular flexibility index (Phi) is 8.57. The molecule has 0 bridgehead atoms. The first-order valence-corrected chi connectivity index (χ1v) is 10.0. The fourth-order valence-electron chi connectivity index (χ4n) is 2.18. The molecule has 0 aliphatic heterocycles. The van der Waals surface area contributed by atoms with Gasteiger partial charge in [0, 0.05) is 0 Å². The number of aliphatic hydroxyl groups is 6. The predicted molar refractivity (Wildman–Crippen MR) is 100.0 cm³/mol. The third-order valence-electron chi connectivity index (χ3n) is 3.73. The second kappa shape index (κ2) is 10.7. The third kappa shape index (κ3) is 6.77. The summed E-state index contributed by atoms with van der Waals surface area (Å²) in [6.07, 6.45) is -10.5. The molecule has 1 unspecified atom stereocenters. The Morgan fingerprint density at radius 2 is 1.17 bits per heavy atom. The average molecular weight is 430 g/mol. The molecule has 0 aliphatic rings. The third-order valence-corrected chi connectivity index (χ3v) is 5.07. The van der Waals surface area contributed by atoms with Gasteiger partial charge in [0.25, 0.3) is 0 Å². The first kappa shape index (κ1) is 23.3. The molecule has 160 valence electrons. The highest BCUT2D eigenvalue weighted by molar-refractivity contribution is 7.49. The molecule has 0 radical (unpaired) electrons.